The normalized spacial score (nSPS) is 14.0. The molecule has 0 saturated carbocycles. The second kappa shape index (κ2) is 12.0. The summed E-state index contributed by atoms with van der Waals surface area (Å²) in [5.41, 5.74) is 0. The summed E-state index contributed by atoms with van der Waals surface area (Å²) in [6.07, 6.45) is 3.10. The summed E-state index contributed by atoms with van der Waals surface area (Å²) in [4.78, 5) is 0. The maximum absolute atomic E-state index is 8.81. The van der Waals surface area contributed by atoms with Gasteiger partial charge < -0.3 is 24.1 Å². The Labute approximate surface area is 169 Å². The second-order valence-corrected chi connectivity index (χ2v) is 19.8. The molecule has 0 atom stereocenters. The van der Waals surface area contributed by atoms with E-state index in [1.54, 1.807) is 0 Å². The van der Waals surface area contributed by atoms with Crippen LogP contribution in [-0.4, -0.2) is 71.5 Å². The van der Waals surface area contributed by atoms with Gasteiger partial charge in [0, 0.05) is 18.4 Å². The lowest BCUT2D eigenvalue weighted by Gasteiger charge is -2.50. The summed E-state index contributed by atoms with van der Waals surface area (Å²) >= 11 is 0. The largest absolute Gasteiger partial charge is 0.415 e. The Morgan fingerprint density at radius 2 is 1.22 bits per heavy atom. The Kier molecular flexibility index (Phi) is 12.2. The highest BCUT2D eigenvalue weighted by Crippen LogP contribution is 2.45. The predicted molar refractivity (Wildman–Crippen MR) is 119 cm³/mol. The highest BCUT2D eigenvalue weighted by molar-refractivity contribution is 6.82. The fourth-order valence-electron chi connectivity index (χ4n) is 3.08. The van der Waals surface area contributed by atoms with Crippen molar-refractivity contribution < 1.29 is 24.1 Å². The van der Waals surface area contributed by atoms with Crippen LogP contribution in [-0.2, 0) is 13.9 Å². The first kappa shape index (κ1) is 27.2. The molecular formula is C20H46O5Si2. The number of aliphatic hydroxyl groups is 2. The minimum absolute atomic E-state index is 0.0890. The van der Waals surface area contributed by atoms with E-state index in [0.29, 0.717) is 26.4 Å². The fraction of sp³-hybridized carbons (Fsp3) is 1.00. The zero-order valence-corrected chi connectivity index (χ0v) is 21.2. The van der Waals surface area contributed by atoms with Crippen molar-refractivity contribution in [1.29, 1.82) is 0 Å². The quantitative estimate of drug-likeness (QED) is 0.288. The third-order valence-corrected chi connectivity index (χ3v) is 16.1. The van der Waals surface area contributed by atoms with E-state index in [0.717, 1.165) is 25.3 Å². The van der Waals surface area contributed by atoms with Gasteiger partial charge >= 0.3 is 0 Å². The van der Waals surface area contributed by atoms with E-state index in [1.165, 1.54) is 0 Å². The van der Waals surface area contributed by atoms with E-state index in [-0.39, 0.29) is 23.5 Å². The number of hydrogen-bond acceptors (Lipinski definition) is 5. The van der Waals surface area contributed by atoms with E-state index in [9.17, 15) is 0 Å². The van der Waals surface area contributed by atoms with Gasteiger partial charge in [-0.3, -0.25) is 0 Å². The molecule has 0 spiro atoms. The summed E-state index contributed by atoms with van der Waals surface area (Å²) < 4.78 is 17.8. The molecule has 164 valence electrons. The smallest absolute Gasteiger partial charge is 0.192 e. The SMILES string of the molecule is CC(C)(O[Si](C)(C)C(C)(C)CCCOCCO)[Si](C)(C)CCCOCCO. The summed E-state index contributed by atoms with van der Waals surface area (Å²) in [7, 11) is -3.55. The van der Waals surface area contributed by atoms with Gasteiger partial charge in [0.2, 0.25) is 0 Å². The molecule has 27 heavy (non-hydrogen) atoms. The maximum atomic E-state index is 8.81. The Morgan fingerprint density at radius 1 is 0.741 bits per heavy atom. The molecule has 0 bridgehead atoms. The first-order chi connectivity index (χ1) is 12.3. The minimum atomic E-state index is -1.94. The summed E-state index contributed by atoms with van der Waals surface area (Å²) in [5.74, 6) is 0. The molecule has 2 N–H and O–H groups in total. The molecule has 0 aromatic heterocycles. The van der Waals surface area contributed by atoms with Gasteiger partial charge in [0.15, 0.2) is 8.32 Å². The van der Waals surface area contributed by atoms with Crippen molar-refractivity contribution >= 4 is 16.4 Å². The van der Waals surface area contributed by atoms with Gasteiger partial charge in [0.05, 0.1) is 34.5 Å². The molecule has 0 radical (unpaired) electrons. The molecular weight excluding hydrogens is 376 g/mol. The topological polar surface area (TPSA) is 68.2 Å². The van der Waals surface area contributed by atoms with Crippen LogP contribution in [0.4, 0.5) is 0 Å². The summed E-state index contributed by atoms with van der Waals surface area (Å²) in [6, 6.07) is 1.16. The third kappa shape index (κ3) is 9.52. The molecule has 0 fully saturated rings. The van der Waals surface area contributed by atoms with Crippen molar-refractivity contribution in [2.24, 2.45) is 0 Å². The van der Waals surface area contributed by atoms with Crippen molar-refractivity contribution in [3.63, 3.8) is 0 Å². The Bertz CT molecular complexity index is 362. The third-order valence-electron chi connectivity index (χ3n) is 6.42. The van der Waals surface area contributed by atoms with Crippen LogP contribution in [0.5, 0.6) is 0 Å². The lowest BCUT2D eigenvalue weighted by Crippen LogP contribution is -2.59. The van der Waals surface area contributed by atoms with Crippen LogP contribution in [0.25, 0.3) is 0 Å². The van der Waals surface area contributed by atoms with Gasteiger partial charge in [-0.05, 0) is 51.2 Å². The van der Waals surface area contributed by atoms with Crippen molar-refractivity contribution in [3.05, 3.63) is 0 Å². The molecule has 0 aliphatic rings. The average molecular weight is 423 g/mol. The van der Waals surface area contributed by atoms with Crippen LogP contribution in [0, 0.1) is 0 Å². The van der Waals surface area contributed by atoms with E-state index >= 15 is 0 Å². The lowest BCUT2D eigenvalue weighted by molar-refractivity contribution is 0.0871. The molecule has 0 amide bonds. The predicted octanol–water partition coefficient (Wildman–Crippen LogP) is 4.20. The number of rotatable bonds is 16. The van der Waals surface area contributed by atoms with E-state index in [1.807, 2.05) is 0 Å². The summed E-state index contributed by atoms with van der Waals surface area (Å²) in [6.45, 7) is 21.2. The van der Waals surface area contributed by atoms with Crippen molar-refractivity contribution in [3.8, 4) is 0 Å². The van der Waals surface area contributed by atoms with Crippen LogP contribution in [0.15, 0.2) is 0 Å². The van der Waals surface area contributed by atoms with Crippen LogP contribution in [0.2, 0.25) is 37.3 Å². The average Bonchev–Trinajstić information content (AvgIpc) is 2.53. The van der Waals surface area contributed by atoms with E-state index < -0.39 is 16.4 Å². The van der Waals surface area contributed by atoms with Gasteiger partial charge in [0.1, 0.15) is 0 Å². The maximum Gasteiger partial charge on any atom is 0.192 e. The van der Waals surface area contributed by atoms with Gasteiger partial charge in [-0.15, -0.1) is 0 Å². The van der Waals surface area contributed by atoms with Gasteiger partial charge in [-0.2, -0.15) is 0 Å². The highest BCUT2D eigenvalue weighted by atomic mass is 28.4. The number of aliphatic hydroxyl groups excluding tert-OH is 2. The zero-order valence-electron chi connectivity index (χ0n) is 19.2. The molecule has 0 rings (SSSR count). The lowest BCUT2D eigenvalue weighted by atomic mass is 10.1. The second-order valence-electron chi connectivity index (χ2n) is 9.77. The van der Waals surface area contributed by atoms with Crippen molar-refractivity contribution in [2.45, 2.75) is 89.5 Å². The highest BCUT2D eigenvalue weighted by Gasteiger charge is 2.48. The van der Waals surface area contributed by atoms with Crippen LogP contribution < -0.4 is 0 Å². The van der Waals surface area contributed by atoms with Gasteiger partial charge in [-0.25, -0.2) is 0 Å². The summed E-state index contributed by atoms with van der Waals surface area (Å²) in [5, 5.41) is 17.7. The first-order valence-electron chi connectivity index (χ1n) is 10.4. The molecule has 0 aromatic rings. The van der Waals surface area contributed by atoms with E-state index in [2.05, 4.69) is 53.9 Å². The first-order valence-corrected chi connectivity index (χ1v) is 16.5. The Balaban J connectivity index is 4.74. The Morgan fingerprint density at radius 3 is 1.70 bits per heavy atom. The van der Waals surface area contributed by atoms with Crippen molar-refractivity contribution in [2.75, 3.05) is 39.6 Å². The molecule has 5 nitrogen and oxygen atoms in total. The molecule has 0 aromatic carbocycles. The fourth-order valence-corrected chi connectivity index (χ4v) is 8.91. The molecule has 0 heterocycles. The Hall–Kier alpha value is 0.234. The van der Waals surface area contributed by atoms with E-state index in [4.69, 9.17) is 24.1 Å². The van der Waals surface area contributed by atoms with Crippen LogP contribution in [0.3, 0.4) is 0 Å². The monoisotopic (exact) mass is 422 g/mol. The molecule has 0 unspecified atom stereocenters. The molecule has 7 heteroatoms. The van der Waals surface area contributed by atoms with Gasteiger partial charge in [-0.1, -0.05) is 33.0 Å². The van der Waals surface area contributed by atoms with Gasteiger partial charge in [0.25, 0.3) is 0 Å². The standard InChI is InChI=1S/C20H46O5Si2/c1-19(2,11-9-14-23-16-12-21)27(7,8)25-20(3,4)26(5,6)18-10-15-24-17-13-22/h21-22H,9-18H2,1-8H3. The molecule has 0 aliphatic carbocycles. The number of ether oxygens (including phenoxy) is 2. The molecule has 0 aliphatic heterocycles. The number of hydrogen-bond donors (Lipinski definition) is 2. The zero-order chi connectivity index (χ0) is 21.2. The van der Waals surface area contributed by atoms with Crippen LogP contribution >= 0.6 is 0 Å². The van der Waals surface area contributed by atoms with Crippen LogP contribution in [0.1, 0.15) is 47.0 Å². The molecule has 0 saturated heterocycles. The van der Waals surface area contributed by atoms with Crippen molar-refractivity contribution in [1.82, 2.24) is 0 Å². The minimum Gasteiger partial charge on any atom is -0.415 e.